The third kappa shape index (κ3) is 2.79. The van der Waals surface area contributed by atoms with Crippen molar-refractivity contribution < 1.29 is 24.1 Å². The normalized spacial score (nSPS) is 20.6. The summed E-state index contributed by atoms with van der Waals surface area (Å²) in [6.07, 6.45) is 1.74. The summed E-state index contributed by atoms with van der Waals surface area (Å²) in [5.41, 5.74) is 4.73. The number of methoxy groups -OCH3 is 4. The van der Waals surface area contributed by atoms with E-state index in [-0.39, 0.29) is 18.7 Å². The third-order valence-electron chi connectivity index (χ3n) is 6.04. The highest BCUT2D eigenvalue weighted by Gasteiger charge is 2.40. The summed E-state index contributed by atoms with van der Waals surface area (Å²) in [5, 5.41) is 10.3. The molecule has 28 heavy (non-hydrogen) atoms. The maximum atomic E-state index is 10.3. The molecule has 0 bridgehead atoms. The van der Waals surface area contributed by atoms with Gasteiger partial charge in [0.2, 0.25) is 0 Å². The van der Waals surface area contributed by atoms with Gasteiger partial charge in [0.05, 0.1) is 41.1 Å². The molecular formula is C22H27NO5. The van der Waals surface area contributed by atoms with Crippen LogP contribution in [-0.4, -0.2) is 51.6 Å². The summed E-state index contributed by atoms with van der Waals surface area (Å²) in [7, 11) is 6.62. The van der Waals surface area contributed by atoms with Crippen LogP contribution in [0.5, 0.6) is 23.0 Å². The molecule has 0 aromatic heterocycles. The Bertz CT molecular complexity index is 882. The molecule has 2 aromatic carbocycles. The molecule has 0 amide bonds. The first kappa shape index (κ1) is 18.9. The highest BCUT2D eigenvalue weighted by Crippen LogP contribution is 2.50. The molecule has 0 spiro atoms. The molecule has 0 saturated carbocycles. The molecule has 2 aliphatic rings. The van der Waals surface area contributed by atoms with Crippen LogP contribution < -0.4 is 18.9 Å². The van der Waals surface area contributed by atoms with E-state index in [2.05, 4.69) is 23.1 Å². The third-order valence-corrected chi connectivity index (χ3v) is 6.04. The summed E-state index contributed by atoms with van der Waals surface area (Å²) >= 11 is 0. The molecule has 2 heterocycles. The first-order valence-electron chi connectivity index (χ1n) is 9.51. The monoisotopic (exact) mass is 385 g/mol. The van der Waals surface area contributed by atoms with Gasteiger partial charge in [0, 0.05) is 18.2 Å². The van der Waals surface area contributed by atoms with Gasteiger partial charge in [-0.2, -0.15) is 0 Å². The average molecular weight is 385 g/mol. The minimum Gasteiger partial charge on any atom is -0.493 e. The molecular weight excluding hydrogens is 358 g/mol. The highest BCUT2D eigenvalue weighted by atomic mass is 16.5. The van der Waals surface area contributed by atoms with E-state index in [9.17, 15) is 5.11 Å². The second-order valence-electron chi connectivity index (χ2n) is 7.19. The largest absolute Gasteiger partial charge is 0.493 e. The maximum Gasteiger partial charge on any atom is 0.165 e. The first-order chi connectivity index (χ1) is 13.7. The number of ether oxygens (including phenoxy) is 4. The van der Waals surface area contributed by atoms with Gasteiger partial charge in [-0.15, -0.1) is 0 Å². The fourth-order valence-electron chi connectivity index (χ4n) is 4.75. The van der Waals surface area contributed by atoms with Crippen molar-refractivity contribution in [2.45, 2.75) is 24.9 Å². The van der Waals surface area contributed by atoms with Crippen LogP contribution in [0.25, 0.3) is 0 Å². The molecule has 2 aliphatic heterocycles. The molecule has 2 atom stereocenters. The highest BCUT2D eigenvalue weighted by molar-refractivity contribution is 5.56. The zero-order valence-electron chi connectivity index (χ0n) is 16.8. The van der Waals surface area contributed by atoms with E-state index in [0.717, 1.165) is 42.2 Å². The number of benzene rings is 2. The molecule has 6 heteroatoms. The van der Waals surface area contributed by atoms with E-state index in [0.29, 0.717) is 5.75 Å². The van der Waals surface area contributed by atoms with Crippen molar-refractivity contribution in [1.82, 2.24) is 4.90 Å². The predicted molar refractivity (Wildman–Crippen MR) is 106 cm³/mol. The second-order valence-corrected chi connectivity index (χ2v) is 7.19. The zero-order valence-corrected chi connectivity index (χ0v) is 16.8. The van der Waals surface area contributed by atoms with Crippen molar-refractivity contribution in [1.29, 1.82) is 0 Å². The quantitative estimate of drug-likeness (QED) is 0.854. The Labute approximate surface area is 165 Å². The van der Waals surface area contributed by atoms with Gasteiger partial charge in [-0.1, -0.05) is 6.07 Å². The zero-order chi connectivity index (χ0) is 19.8. The summed E-state index contributed by atoms with van der Waals surface area (Å²) in [6, 6.07) is 8.24. The van der Waals surface area contributed by atoms with Crippen LogP contribution in [-0.2, 0) is 12.8 Å². The van der Waals surface area contributed by atoms with Crippen molar-refractivity contribution in [3.63, 3.8) is 0 Å². The lowest BCUT2D eigenvalue weighted by Crippen LogP contribution is -2.44. The van der Waals surface area contributed by atoms with Gasteiger partial charge >= 0.3 is 0 Å². The molecule has 1 N–H and O–H groups in total. The van der Waals surface area contributed by atoms with E-state index in [1.165, 1.54) is 16.7 Å². The van der Waals surface area contributed by atoms with Gasteiger partial charge in [0.1, 0.15) is 0 Å². The van der Waals surface area contributed by atoms with Crippen LogP contribution >= 0.6 is 0 Å². The van der Waals surface area contributed by atoms with Crippen LogP contribution in [0, 0.1) is 0 Å². The van der Waals surface area contributed by atoms with Crippen LogP contribution in [0.2, 0.25) is 0 Å². The topological polar surface area (TPSA) is 60.4 Å². The fourth-order valence-corrected chi connectivity index (χ4v) is 4.75. The number of nitrogens with zero attached hydrogens (tertiary/aromatic N) is 1. The second kappa shape index (κ2) is 7.53. The van der Waals surface area contributed by atoms with Gasteiger partial charge in [-0.25, -0.2) is 0 Å². The van der Waals surface area contributed by atoms with E-state index < -0.39 is 0 Å². The van der Waals surface area contributed by atoms with Crippen LogP contribution in [0.1, 0.15) is 34.3 Å². The molecule has 0 fully saturated rings. The van der Waals surface area contributed by atoms with E-state index >= 15 is 0 Å². The number of rotatable bonds is 5. The Kier molecular flexibility index (Phi) is 5.08. The Morgan fingerprint density at radius 1 is 0.929 bits per heavy atom. The van der Waals surface area contributed by atoms with Gasteiger partial charge in [0.25, 0.3) is 0 Å². The SMILES string of the molecule is COc1cc2c(cc1OC)[C@@H]1Cc3ccc(OC)c(OC)c3[C@H](CO)N1CC2. The Hall–Kier alpha value is -2.44. The Morgan fingerprint density at radius 2 is 1.64 bits per heavy atom. The van der Waals surface area contributed by atoms with Crippen LogP contribution in [0.4, 0.5) is 0 Å². The van der Waals surface area contributed by atoms with Crippen LogP contribution in [0.3, 0.4) is 0 Å². The Balaban J connectivity index is 1.84. The molecule has 0 saturated heterocycles. The van der Waals surface area contributed by atoms with Crippen molar-refractivity contribution in [2.75, 3.05) is 41.6 Å². The maximum absolute atomic E-state index is 10.3. The lowest BCUT2D eigenvalue weighted by atomic mass is 9.80. The first-order valence-corrected chi connectivity index (χ1v) is 9.51. The predicted octanol–water partition coefficient (Wildman–Crippen LogP) is 2.91. The molecule has 0 aliphatic carbocycles. The summed E-state index contributed by atoms with van der Waals surface area (Å²) in [4.78, 5) is 2.37. The number of hydrogen-bond donors (Lipinski definition) is 1. The Morgan fingerprint density at radius 3 is 2.29 bits per heavy atom. The van der Waals surface area contributed by atoms with Gasteiger partial charge in [-0.3, -0.25) is 4.90 Å². The number of fused-ring (bicyclic) bond motifs is 4. The van der Waals surface area contributed by atoms with Gasteiger partial charge < -0.3 is 24.1 Å². The van der Waals surface area contributed by atoms with Crippen molar-refractivity contribution in [2.24, 2.45) is 0 Å². The summed E-state index contributed by atoms with van der Waals surface area (Å²) in [5.74, 6) is 2.91. The molecule has 0 unspecified atom stereocenters. The average Bonchev–Trinajstić information content (AvgIpc) is 2.75. The molecule has 4 rings (SSSR count). The molecule has 150 valence electrons. The molecule has 6 nitrogen and oxygen atoms in total. The minimum atomic E-state index is -0.139. The number of aliphatic hydroxyl groups is 1. The number of hydrogen-bond acceptors (Lipinski definition) is 6. The summed E-state index contributed by atoms with van der Waals surface area (Å²) in [6.45, 7) is 0.883. The van der Waals surface area contributed by atoms with E-state index in [1.54, 1.807) is 28.4 Å². The molecule has 0 radical (unpaired) electrons. The molecule has 2 aromatic rings. The lowest BCUT2D eigenvalue weighted by Gasteiger charge is -2.46. The smallest absolute Gasteiger partial charge is 0.165 e. The minimum absolute atomic E-state index is 0.0235. The van der Waals surface area contributed by atoms with E-state index in [1.807, 2.05) is 6.07 Å². The van der Waals surface area contributed by atoms with E-state index in [4.69, 9.17) is 18.9 Å². The summed E-state index contributed by atoms with van der Waals surface area (Å²) < 4.78 is 22.2. The van der Waals surface area contributed by atoms with Crippen molar-refractivity contribution in [3.8, 4) is 23.0 Å². The van der Waals surface area contributed by atoms with Crippen molar-refractivity contribution in [3.05, 3.63) is 46.5 Å². The van der Waals surface area contributed by atoms with Gasteiger partial charge in [0.15, 0.2) is 23.0 Å². The fraction of sp³-hybridized carbons (Fsp3) is 0.455. The van der Waals surface area contributed by atoms with Crippen molar-refractivity contribution >= 4 is 0 Å². The standard InChI is InChI=1S/C22H27NO5/c1-25-18-6-5-14-9-16-15-11-20(27-3)19(26-2)10-13(15)7-8-23(16)17(12-24)21(14)22(18)28-4/h5-6,10-11,16-17,24H,7-9,12H2,1-4H3/t16-,17-/m0/s1. The van der Waals surface area contributed by atoms with Crippen LogP contribution in [0.15, 0.2) is 24.3 Å². The number of aliphatic hydroxyl groups excluding tert-OH is 1. The lowest BCUT2D eigenvalue weighted by molar-refractivity contribution is 0.0607. The van der Waals surface area contributed by atoms with Gasteiger partial charge in [-0.05, 0) is 47.7 Å².